The monoisotopic (exact) mass is 303 g/mol. The highest BCUT2D eigenvalue weighted by Gasteiger charge is 2.32. The summed E-state index contributed by atoms with van der Waals surface area (Å²) in [5.41, 5.74) is 0.236. The van der Waals surface area contributed by atoms with Crippen LogP contribution in [0.15, 0.2) is 24.3 Å². The van der Waals surface area contributed by atoms with Crippen molar-refractivity contribution in [1.29, 1.82) is 0 Å². The lowest BCUT2D eigenvalue weighted by Crippen LogP contribution is -2.23. The van der Waals surface area contributed by atoms with Gasteiger partial charge < -0.3 is 15.2 Å². The first-order valence-corrected chi connectivity index (χ1v) is 7.21. The van der Waals surface area contributed by atoms with E-state index in [-0.39, 0.29) is 18.0 Å². The Morgan fingerprint density at radius 2 is 1.90 bits per heavy atom. The molecule has 2 N–H and O–H groups in total. The van der Waals surface area contributed by atoms with Crippen molar-refractivity contribution in [2.45, 2.75) is 44.6 Å². The second kappa shape index (κ2) is 7.02. The fraction of sp³-hybridized carbons (Fsp3) is 0.600. The molecule has 1 aromatic carbocycles. The van der Waals surface area contributed by atoms with Crippen molar-refractivity contribution in [3.63, 3.8) is 0 Å². The first-order chi connectivity index (χ1) is 9.94. The van der Waals surface area contributed by atoms with Crippen LogP contribution in [0.25, 0.3) is 0 Å². The van der Waals surface area contributed by atoms with Crippen molar-refractivity contribution in [3.8, 4) is 5.75 Å². The van der Waals surface area contributed by atoms with Gasteiger partial charge in [-0.15, -0.1) is 13.2 Å². The van der Waals surface area contributed by atoms with Crippen molar-refractivity contribution in [3.05, 3.63) is 24.3 Å². The molecule has 1 fully saturated rings. The third kappa shape index (κ3) is 5.46. The van der Waals surface area contributed by atoms with Crippen LogP contribution < -0.4 is 10.1 Å². The Morgan fingerprint density at radius 3 is 2.57 bits per heavy atom. The predicted molar refractivity (Wildman–Crippen MR) is 74.2 cm³/mol. The van der Waals surface area contributed by atoms with Gasteiger partial charge in [0.15, 0.2) is 5.75 Å². The number of ether oxygens (including phenoxy) is 1. The van der Waals surface area contributed by atoms with E-state index in [1.54, 1.807) is 6.07 Å². The van der Waals surface area contributed by atoms with Gasteiger partial charge in [-0.1, -0.05) is 37.8 Å². The average Bonchev–Trinajstić information content (AvgIpc) is 2.89. The van der Waals surface area contributed by atoms with Gasteiger partial charge in [0.1, 0.15) is 0 Å². The van der Waals surface area contributed by atoms with Gasteiger partial charge in [-0.3, -0.25) is 0 Å². The van der Waals surface area contributed by atoms with Crippen LogP contribution in [0.4, 0.5) is 18.9 Å². The van der Waals surface area contributed by atoms with E-state index >= 15 is 0 Å². The zero-order valence-corrected chi connectivity index (χ0v) is 11.7. The second-order valence-corrected chi connectivity index (χ2v) is 5.46. The Bertz CT molecular complexity index is 445. The Morgan fingerprint density at radius 1 is 1.24 bits per heavy atom. The number of nitrogens with one attached hydrogen (secondary N) is 1. The minimum Gasteiger partial charge on any atom is -0.404 e. The molecule has 1 unspecified atom stereocenters. The van der Waals surface area contributed by atoms with E-state index in [1.807, 2.05) is 0 Å². The lowest BCUT2D eigenvalue weighted by atomic mass is 10.00. The molecule has 1 saturated carbocycles. The Balaban J connectivity index is 1.87. The Kier molecular flexibility index (Phi) is 5.33. The number of para-hydroxylation sites is 2. The second-order valence-electron chi connectivity index (χ2n) is 5.46. The van der Waals surface area contributed by atoms with Crippen molar-refractivity contribution >= 4 is 5.69 Å². The number of hydrogen-bond acceptors (Lipinski definition) is 3. The number of aliphatic hydroxyl groups excluding tert-OH is 1. The topological polar surface area (TPSA) is 41.5 Å². The number of benzene rings is 1. The van der Waals surface area contributed by atoms with Gasteiger partial charge in [-0.25, -0.2) is 0 Å². The zero-order chi connectivity index (χ0) is 15.3. The van der Waals surface area contributed by atoms with E-state index in [1.165, 1.54) is 31.0 Å². The molecule has 1 aliphatic rings. The van der Waals surface area contributed by atoms with Crippen LogP contribution in [-0.2, 0) is 0 Å². The summed E-state index contributed by atoms with van der Waals surface area (Å²) in [6.45, 7) is 0.217. The standard InChI is InChI=1S/C15H20F3NO2/c16-15(17,18)21-14-8-4-3-7-13(14)19-10-12(20)9-11-5-1-2-6-11/h3-4,7-8,11-12,19-20H,1-2,5-6,9-10H2. The summed E-state index contributed by atoms with van der Waals surface area (Å²) in [5, 5.41) is 12.8. The first kappa shape index (κ1) is 15.9. The molecule has 1 aromatic rings. The van der Waals surface area contributed by atoms with Crippen LogP contribution in [0.5, 0.6) is 5.75 Å². The molecule has 2 rings (SSSR count). The normalized spacial score (nSPS) is 17.7. The molecule has 1 atom stereocenters. The van der Waals surface area contributed by atoms with Crippen molar-refractivity contribution in [1.82, 2.24) is 0 Å². The summed E-state index contributed by atoms with van der Waals surface area (Å²) >= 11 is 0. The lowest BCUT2D eigenvalue weighted by molar-refractivity contribution is -0.274. The van der Waals surface area contributed by atoms with Crippen LogP contribution in [0.2, 0.25) is 0 Å². The number of aliphatic hydroxyl groups is 1. The van der Waals surface area contributed by atoms with E-state index in [2.05, 4.69) is 10.1 Å². The molecule has 0 radical (unpaired) electrons. The maximum absolute atomic E-state index is 12.3. The largest absolute Gasteiger partial charge is 0.573 e. The number of halogens is 3. The molecule has 118 valence electrons. The summed E-state index contributed by atoms with van der Waals surface area (Å²) in [6, 6.07) is 5.85. The van der Waals surface area contributed by atoms with Gasteiger partial charge in [-0.2, -0.15) is 0 Å². The molecule has 6 heteroatoms. The van der Waals surface area contributed by atoms with E-state index in [4.69, 9.17) is 0 Å². The number of hydrogen-bond donors (Lipinski definition) is 2. The number of alkyl halides is 3. The average molecular weight is 303 g/mol. The quantitative estimate of drug-likeness (QED) is 0.836. The summed E-state index contributed by atoms with van der Waals surface area (Å²) in [4.78, 5) is 0. The molecule has 3 nitrogen and oxygen atoms in total. The third-order valence-corrected chi connectivity index (χ3v) is 3.72. The van der Waals surface area contributed by atoms with Crippen molar-refractivity contribution in [2.24, 2.45) is 5.92 Å². The van der Waals surface area contributed by atoms with Crippen LogP contribution in [0.1, 0.15) is 32.1 Å². The van der Waals surface area contributed by atoms with Gasteiger partial charge in [0.05, 0.1) is 11.8 Å². The van der Waals surface area contributed by atoms with Crippen LogP contribution in [0.3, 0.4) is 0 Å². The molecule has 0 heterocycles. The molecule has 0 amide bonds. The lowest BCUT2D eigenvalue weighted by Gasteiger charge is -2.18. The van der Waals surface area contributed by atoms with E-state index in [0.717, 1.165) is 12.8 Å². The van der Waals surface area contributed by atoms with Gasteiger partial charge in [-0.05, 0) is 24.5 Å². The van der Waals surface area contributed by atoms with Crippen molar-refractivity contribution in [2.75, 3.05) is 11.9 Å². The minimum absolute atomic E-state index is 0.217. The Labute approximate surface area is 122 Å². The zero-order valence-electron chi connectivity index (χ0n) is 11.7. The molecular weight excluding hydrogens is 283 g/mol. The molecule has 0 bridgehead atoms. The summed E-state index contributed by atoms with van der Waals surface area (Å²) in [5.74, 6) is 0.251. The maximum Gasteiger partial charge on any atom is 0.573 e. The van der Waals surface area contributed by atoms with Gasteiger partial charge in [0, 0.05) is 6.54 Å². The number of rotatable bonds is 6. The summed E-state index contributed by atoms with van der Waals surface area (Å²) in [7, 11) is 0. The first-order valence-electron chi connectivity index (χ1n) is 7.21. The minimum atomic E-state index is -4.72. The molecular formula is C15H20F3NO2. The Hall–Kier alpha value is -1.43. The summed E-state index contributed by atoms with van der Waals surface area (Å²) < 4.78 is 40.8. The number of anilines is 1. The third-order valence-electron chi connectivity index (χ3n) is 3.72. The van der Waals surface area contributed by atoms with Crippen molar-refractivity contribution < 1.29 is 23.0 Å². The fourth-order valence-corrected chi connectivity index (χ4v) is 2.77. The van der Waals surface area contributed by atoms with E-state index in [9.17, 15) is 18.3 Å². The predicted octanol–water partition coefficient (Wildman–Crippen LogP) is 3.94. The molecule has 0 spiro atoms. The van der Waals surface area contributed by atoms with Gasteiger partial charge >= 0.3 is 6.36 Å². The molecule has 1 aliphatic carbocycles. The highest BCUT2D eigenvalue weighted by molar-refractivity contribution is 5.56. The van der Waals surface area contributed by atoms with Crippen LogP contribution in [0, 0.1) is 5.92 Å². The maximum atomic E-state index is 12.3. The molecule has 0 aliphatic heterocycles. The molecule has 0 aromatic heterocycles. The van der Waals surface area contributed by atoms with Gasteiger partial charge in [0.25, 0.3) is 0 Å². The highest BCUT2D eigenvalue weighted by atomic mass is 19.4. The van der Waals surface area contributed by atoms with E-state index in [0.29, 0.717) is 12.3 Å². The molecule has 21 heavy (non-hydrogen) atoms. The fourth-order valence-electron chi connectivity index (χ4n) is 2.77. The van der Waals surface area contributed by atoms with E-state index < -0.39 is 12.5 Å². The summed E-state index contributed by atoms with van der Waals surface area (Å²) in [6.07, 6.45) is 0.0674. The SMILES string of the molecule is OC(CNc1ccccc1OC(F)(F)F)CC1CCCC1. The van der Waals surface area contributed by atoms with Crippen LogP contribution >= 0.6 is 0 Å². The highest BCUT2D eigenvalue weighted by Crippen LogP contribution is 2.31. The smallest absolute Gasteiger partial charge is 0.404 e. The van der Waals surface area contributed by atoms with Crippen LogP contribution in [-0.4, -0.2) is 24.1 Å². The molecule has 0 saturated heterocycles. The van der Waals surface area contributed by atoms with Gasteiger partial charge in [0.2, 0.25) is 0 Å².